The summed E-state index contributed by atoms with van der Waals surface area (Å²) >= 11 is 0. The van der Waals surface area contributed by atoms with Crippen LogP contribution in [0.2, 0.25) is 0 Å². The number of aromatic nitrogens is 1. The molecule has 166 valence electrons. The normalized spacial score (nSPS) is 16.1. The summed E-state index contributed by atoms with van der Waals surface area (Å²) in [6.45, 7) is 5.17. The first-order valence-electron chi connectivity index (χ1n) is 10.8. The van der Waals surface area contributed by atoms with Crippen molar-refractivity contribution in [1.29, 1.82) is 0 Å². The highest BCUT2D eigenvalue weighted by Crippen LogP contribution is 2.30. The summed E-state index contributed by atoms with van der Waals surface area (Å²) in [6, 6.07) is 16.8. The van der Waals surface area contributed by atoms with Crippen molar-refractivity contribution in [1.82, 2.24) is 9.47 Å². The maximum absolute atomic E-state index is 13.4. The molecule has 1 amide bonds. The quantitative estimate of drug-likeness (QED) is 0.627. The smallest absolute Gasteiger partial charge is 0.337 e. The molecule has 2 heterocycles. The highest BCUT2D eigenvalue weighted by atomic mass is 16.5. The predicted molar refractivity (Wildman–Crippen MR) is 123 cm³/mol. The Morgan fingerprint density at radius 3 is 2.47 bits per heavy atom. The molecule has 2 aromatic carbocycles. The number of methoxy groups -OCH3 is 1. The van der Waals surface area contributed by atoms with Crippen molar-refractivity contribution < 1.29 is 19.4 Å². The number of hydrogen-bond donors (Lipinski definition) is 1. The lowest BCUT2D eigenvalue weighted by Crippen LogP contribution is -2.39. The molecule has 3 aromatic rings. The van der Waals surface area contributed by atoms with Crippen LogP contribution in [0.3, 0.4) is 0 Å². The molecule has 6 heteroatoms. The van der Waals surface area contributed by atoms with E-state index in [1.807, 2.05) is 53.6 Å². The van der Waals surface area contributed by atoms with Crippen molar-refractivity contribution in [3.05, 3.63) is 82.7 Å². The minimum absolute atomic E-state index is 0.0711. The minimum atomic E-state index is -1.01. The van der Waals surface area contributed by atoms with E-state index in [9.17, 15) is 14.7 Å². The molecule has 0 spiro atoms. The van der Waals surface area contributed by atoms with E-state index in [1.165, 1.54) is 11.6 Å². The van der Waals surface area contributed by atoms with Crippen LogP contribution in [0.25, 0.3) is 5.69 Å². The van der Waals surface area contributed by atoms with Crippen LogP contribution >= 0.6 is 0 Å². The topological polar surface area (TPSA) is 71.8 Å². The Balaban J connectivity index is 1.64. The SMILES string of the molecule is COc1cccc(C2CCCN(C(=O)c3ccc(C(=O)O)c(-n4c(C)ccc4C)c3)C2)c1. The second-order valence-corrected chi connectivity index (χ2v) is 8.36. The molecule has 0 radical (unpaired) electrons. The molecule has 1 aromatic heterocycles. The van der Waals surface area contributed by atoms with Gasteiger partial charge in [-0.15, -0.1) is 0 Å². The van der Waals surface area contributed by atoms with Gasteiger partial charge in [0.1, 0.15) is 5.75 Å². The van der Waals surface area contributed by atoms with E-state index in [1.54, 1.807) is 19.2 Å². The third kappa shape index (κ3) is 4.13. The summed E-state index contributed by atoms with van der Waals surface area (Å²) in [7, 11) is 1.66. The Kier molecular flexibility index (Phi) is 6.04. The monoisotopic (exact) mass is 432 g/mol. The lowest BCUT2D eigenvalue weighted by atomic mass is 9.90. The van der Waals surface area contributed by atoms with Gasteiger partial charge in [0.05, 0.1) is 18.4 Å². The molecule has 0 bridgehead atoms. The fraction of sp³-hybridized carbons (Fsp3) is 0.308. The third-order valence-electron chi connectivity index (χ3n) is 6.26. The van der Waals surface area contributed by atoms with Gasteiger partial charge in [-0.25, -0.2) is 4.79 Å². The maximum Gasteiger partial charge on any atom is 0.337 e. The number of carboxylic acids is 1. The maximum atomic E-state index is 13.4. The molecule has 0 saturated carbocycles. The third-order valence-corrected chi connectivity index (χ3v) is 6.26. The van der Waals surface area contributed by atoms with Gasteiger partial charge in [-0.3, -0.25) is 4.79 Å². The van der Waals surface area contributed by atoms with Crippen LogP contribution in [0.15, 0.2) is 54.6 Å². The molecular formula is C26H28N2O4. The summed E-state index contributed by atoms with van der Waals surface area (Å²) in [4.78, 5) is 27.2. The van der Waals surface area contributed by atoms with Crippen molar-refractivity contribution in [3.63, 3.8) is 0 Å². The highest BCUT2D eigenvalue weighted by Gasteiger charge is 2.27. The van der Waals surface area contributed by atoms with Gasteiger partial charge in [0.25, 0.3) is 5.91 Å². The minimum Gasteiger partial charge on any atom is -0.497 e. The largest absolute Gasteiger partial charge is 0.497 e. The molecule has 1 N–H and O–H groups in total. The van der Waals surface area contributed by atoms with Crippen LogP contribution in [-0.4, -0.2) is 46.6 Å². The van der Waals surface area contributed by atoms with Crippen molar-refractivity contribution >= 4 is 11.9 Å². The Morgan fingerprint density at radius 1 is 1.03 bits per heavy atom. The van der Waals surface area contributed by atoms with Gasteiger partial charge in [-0.2, -0.15) is 0 Å². The standard InChI is InChI=1S/C26H28N2O4/c1-17-9-10-18(2)28(17)24-15-20(11-12-23(24)26(30)31)25(29)27-13-5-7-21(16-27)19-6-4-8-22(14-19)32-3/h4,6,8-12,14-15,21H,5,7,13,16H2,1-3H3,(H,30,31). The molecule has 4 rings (SSSR count). The number of carbonyl (C=O) groups excluding carboxylic acids is 1. The van der Waals surface area contributed by atoms with E-state index < -0.39 is 5.97 Å². The Bertz CT molecular complexity index is 1140. The molecule has 0 aliphatic carbocycles. The highest BCUT2D eigenvalue weighted by molar-refractivity contribution is 5.98. The number of nitrogens with zero attached hydrogens (tertiary/aromatic N) is 2. The summed E-state index contributed by atoms with van der Waals surface area (Å²) in [5.74, 6) is -0.0207. The molecule has 1 atom stereocenters. The molecule has 1 unspecified atom stereocenters. The van der Waals surface area contributed by atoms with Gasteiger partial charge in [-0.1, -0.05) is 12.1 Å². The van der Waals surface area contributed by atoms with Crippen LogP contribution in [0.1, 0.15) is 56.4 Å². The zero-order valence-corrected chi connectivity index (χ0v) is 18.7. The Morgan fingerprint density at radius 2 is 1.78 bits per heavy atom. The number of piperidine rings is 1. The number of aromatic carboxylic acids is 1. The van der Waals surface area contributed by atoms with E-state index in [0.29, 0.717) is 24.3 Å². The predicted octanol–water partition coefficient (Wildman–Crippen LogP) is 4.82. The van der Waals surface area contributed by atoms with Gasteiger partial charge in [0.15, 0.2) is 0 Å². The van der Waals surface area contributed by atoms with E-state index in [2.05, 4.69) is 6.07 Å². The zero-order valence-electron chi connectivity index (χ0n) is 18.7. The van der Waals surface area contributed by atoms with Gasteiger partial charge < -0.3 is 19.3 Å². The van der Waals surface area contributed by atoms with Gasteiger partial charge in [-0.05, 0) is 74.7 Å². The second kappa shape index (κ2) is 8.91. The number of aryl methyl sites for hydroxylation is 2. The molecule has 32 heavy (non-hydrogen) atoms. The van der Waals surface area contributed by atoms with Crippen molar-refractivity contribution in [2.75, 3.05) is 20.2 Å². The fourth-order valence-corrected chi connectivity index (χ4v) is 4.59. The summed E-state index contributed by atoms with van der Waals surface area (Å²) in [6.07, 6.45) is 1.94. The van der Waals surface area contributed by atoms with Crippen LogP contribution in [0, 0.1) is 13.8 Å². The first kappa shape index (κ1) is 21.7. The summed E-state index contributed by atoms with van der Waals surface area (Å²) in [5, 5.41) is 9.71. The van der Waals surface area contributed by atoms with Crippen molar-refractivity contribution in [2.45, 2.75) is 32.6 Å². The van der Waals surface area contributed by atoms with E-state index >= 15 is 0 Å². The molecule has 1 saturated heterocycles. The average molecular weight is 433 g/mol. The molecule has 1 aliphatic heterocycles. The fourth-order valence-electron chi connectivity index (χ4n) is 4.59. The Hall–Kier alpha value is -3.54. The lowest BCUT2D eigenvalue weighted by Gasteiger charge is -2.33. The van der Waals surface area contributed by atoms with Crippen LogP contribution in [0.5, 0.6) is 5.75 Å². The van der Waals surface area contributed by atoms with E-state index in [0.717, 1.165) is 30.0 Å². The zero-order chi connectivity index (χ0) is 22.8. The van der Waals surface area contributed by atoms with E-state index in [-0.39, 0.29) is 17.4 Å². The summed E-state index contributed by atoms with van der Waals surface area (Å²) in [5.41, 5.74) is 4.21. The molecule has 6 nitrogen and oxygen atoms in total. The number of carboxylic acid groups (broad SMARTS) is 1. The van der Waals surface area contributed by atoms with Gasteiger partial charge >= 0.3 is 5.97 Å². The van der Waals surface area contributed by atoms with Crippen LogP contribution < -0.4 is 4.74 Å². The molecular weight excluding hydrogens is 404 g/mol. The van der Waals surface area contributed by atoms with Crippen LogP contribution in [-0.2, 0) is 0 Å². The number of ether oxygens (including phenoxy) is 1. The number of benzene rings is 2. The lowest BCUT2D eigenvalue weighted by molar-refractivity contribution is 0.0687. The van der Waals surface area contributed by atoms with Crippen LogP contribution in [0.4, 0.5) is 0 Å². The molecule has 1 aliphatic rings. The molecule has 1 fully saturated rings. The summed E-state index contributed by atoms with van der Waals surface area (Å²) < 4.78 is 7.24. The van der Waals surface area contributed by atoms with Crippen molar-refractivity contribution in [3.8, 4) is 11.4 Å². The van der Waals surface area contributed by atoms with Gasteiger partial charge in [0.2, 0.25) is 0 Å². The number of hydrogen-bond acceptors (Lipinski definition) is 3. The number of amides is 1. The Labute approximate surface area is 188 Å². The van der Waals surface area contributed by atoms with Gasteiger partial charge in [0, 0.05) is 36.0 Å². The number of rotatable bonds is 5. The average Bonchev–Trinajstić information content (AvgIpc) is 3.15. The van der Waals surface area contributed by atoms with Crippen molar-refractivity contribution in [2.24, 2.45) is 0 Å². The number of carbonyl (C=O) groups is 2. The van der Waals surface area contributed by atoms with E-state index in [4.69, 9.17) is 4.74 Å². The second-order valence-electron chi connectivity index (χ2n) is 8.36. The number of likely N-dealkylation sites (tertiary alicyclic amines) is 1. The first-order chi connectivity index (χ1) is 15.4. The first-order valence-corrected chi connectivity index (χ1v) is 10.8.